The van der Waals surface area contributed by atoms with E-state index in [4.69, 9.17) is 0 Å². The van der Waals surface area contributed by atoms with Gasteiger partial charge in [0.1, 0.15) is 0 Å². The monoisotopic (exact) mass is 478 g/mol. The number of hydrogen-bond acceptors (Lipinski definition) is 3. The molecular formula is C28H34N2O3S. The molecule has 6 heteroatoms. The molecule has 0 saturated carbocycles. The lowest BCUT2D eigenvalue weighted by Gasteiger charge is -2.27. The molecule has 0 fully saturated rings. The van der Waals surface area contributed by atoms with Crippen molar-refractivity contribution in [2.45, 2.75) is 51.0 Å². The minimum atomic E-state index is -3.90. The number of para-hydroxylation sites is 1. The third-order valence-corrected chi connectivity index (χ3v) is 7.79. The van der Waals surface area contributed by atoms with E-state index < -0.39 is 10.0 Å². The zero-order valence-corrected chi connectivity index (χ0v) is 20.8. The molecule has 0 saturated heterocycles. The second-order valence-electron chi connectivity index (χ2n) is 8.45. The summed E-state index contributed by atoms with van der Waals surface area (Å²) in [5, 5.41) is 3.05. The maximum atomic E-state index is 13.7. The Kier molecular flexibility index (Phi) is 9.28. The highest BCUT2D eigenvalue weighted by molar-refractivity contribution is 7.92. The van der Waals surface area contributed by atoms with E-state index in [0.29, 0.717) is 23.7 Å². The zero-order valence-electron chi connectivity index (χ0n) is 20.0. The largest absolute Gasteiger partial charge is 0.352 e. The Morgan fingerprint density at radius 3 is 2.15 bits per heavy atom. The zero-order chi connectivity index (χ0) is 24.4. The highest BCUT2D eigenvalue weighted by atomic mass is 32.2. The number of carbonyl (C=O) groups is 1. The Balaban J connectivity index is 1.96. The minimum absolute atomic E-state index is 0.121. The van der Waals surface area contributed by atoms with Crippen molar-refractivity contribution < 1.29 is 13.2 Å². The summed E-state index contributed by atoms with van der Waals surface area (Å²) in [6, 6.07) is 24.7. The quantitative estimate of drug-likeness (QED) is 0.346. The second-order valence-corrected chi connectivity index (χ2v) is 10.3. The summed E-state index contributed by atoms with van der Waals surface area (Å²) in [4.78, 5) is 13.4. The van der Waals surface area contributed by atoms with Crippen molar-refractivity contribution in [2.75, 3.05) is 10.8 Å². The molecule has 1 N–H and O–H groups in total. The van der Waals surface area contributed by atoms with E-state index in [9.17, 15) is 13.2 Å². The maximum Gasteiger partial charge on any atom is 0.264 e. The van der Waals surface area contributed by atoms with Crippen LogP contribution in [0.25, 0.3) is 0 Å². The second kappa shape index (κ2) is 12.4. The third kappa shape index (κ3) is 6.48. The predicted molar refractivity (Wildman–Crippen MR) is 138 cm³/mol. The van der Waals surface area contributed by atoms with Gasteiger partial charge in [0.25, 0.3) is 15.9 Å². The number of unbranched alkanes of at least 4 members (excludes halogenated alkanes) is 1. The van der Waals surface area contributed by atoms with Gasteiger partial charge in [-0.05, 0) is 42.2 Å². The molecule has 180 valence electrons. The molecule has 3 aromatic carbocycles. The van der Waals surface area contributed by atoms with E-state index in [0.717, 1.165) is 31.2 Å². The van der Waals surface area contributed by atoms with Crippen LogP contribution in [0.5, 0.6) is 0 Å². The van der Waals surface area contributed by atoms with Crippen LogP contribution in [0.2, 0.25) is 0 Å². The van der Waals surface area contributed by atoms with E-state index in [1.54, 1.807) is 54.6 Å². The summed E-state index contributed by atoms with van der Waals surface area (Å²) in [5.41, 5.74) is 1.56. The Bertz CT molecular complexity index is 1150. The molecule has 0 bridgehead atoms. The lowest BCUT2D eigenvalue weighted by Crippen LogP contribution is -2.34. The van der Waals surface area contributed by atoms with E-state index in [1.165, 1.54) is 4.31 Å². The van der Waals surface area contributed by atoms with Crippen molar-refractivity contribution in [2.24, 2.45) is 5.92 Å². The van der Waals surface area contributed by atoms with Crippen molar-refractivity contribution in [3.63, 3.8) is 0 Å². The summed E-state index contributed by atoms with van der Waals surface area (Å²) in [6.45, 7) is 4.99. The van der Waals surface area contributed by atoms with E-state index in [1.807, 2.05) is 30.3 Å². The summed E-state index contributed by atoms with van der Waals surface area (Å²) in [6.07, 6.45) is 4.31. The summed E-state index contributed by atoms with van der Waals surface area (Å²) in [5.74, 6) is 0.149. The molecule has 0 radical (unpaired) electrons. The van der Waals surface area contributed by atoms with Gasteiger partial charge in [0.2, 0.25) is 0 Å². The number of nitrogens with one attached hydrogen (secondary N) is 1. The van der Waals surface area contributed by atoms with E-state index in [-0.39, 0.29) is 17.3 Å². The Hall–Kier alpha value is -3.12. The van der Waals surface area contributed by atoms with Gasteiger partial charge in [0.05, 0.1) is 22.7 Å². The molecule has 0 heterocycles. The van der Waals surface area contributed by atoms with Gasteiger partial charge in [-0.2, -0.15) is 0 Å². The lowest BCUT2D eigenvalue weighted by atomic mass is 9.99. The summed E-state index contributed by atoms with van der Waals surface area (Å²) < 4.78 is 28.8. The number of anilines is 1. The average molecular weight is 479 g/mol. The SMILES string of the molecule is CCCCC(CC)CNC(=O)c1ccccc1N(Cc1ccccc1)S(=O)(=O)c1ccccc1. The van der Waals surface area contributed by atoms with E-state index in [2.05, 4.69) is 19.2 Å². The number of nitrogens with zero attached hydrogens (tertiary/aromatic N) is 1. The van der Waals surface area contributed by atoms with Gasteiger partial charge in [-0.25, -0.2) is 8.42 Å². The number of benzene rings is 3. The summed E-state index contributed by atoms with van der Waals surface area (Å²) in [7, 11) is -3.90. The summed E-state index contributed by atoms with van der Waals surface area (Å²) >= 11 is 0. The van der Waals surface area contributed by atoms with Crippen LogP contribution in [-0.4, -0.2) is 20.9 Å². The van der Waals surface area contributed by atoms with Crippen LogP contribution < -0.4 is 9.62 Å². The fourth-order valence-corrected chi connectivity index (χ4v) is 5.42. The molecule has 0 aliphatic heterocycles. The molecule has 0 aromatic heterocycles. The smallest absolute Gasteiger partial charge is 0.264 e. The standard InChI is InChI=1S/C28H34N2O3S/c1-3-5-14-23(4-2)21-29-28(31)26-19-12-13-20-27(26)30(22-24-15-8-6-9-16-24)34(32,33)25-17-10-7-11-18-25/h6-13,15-20,23H,3-5,14,21-22H2,1-2H3,(H,29,31). The predicted octanol–water partition coefficient (Wildman–Crippen LogP) is 6.03. The van der Waals surface area contributed by atoms with Crippen molar-refractivity contribution in [3.8, 4) is 0 Å². The Labute approximate surface area is 203 Å². The molecule has 1 amide bonds. The van der Waals surface area contributed by atoms with Crippen molar-refractivity contribution >= 4 is 21.6 Å². The molecule has 5 nitrogen and oxygen atoms in total. The highest BCUT2D eigenvalue weighted by Crippen LogP contribution is 2.29. The number of sulfonamides is 1. The molecule has 3 aromatic rings. The molecule has 34 heavy (non-hydrogen) atoms. The normalized spacial score (nSPS) is 12.2. The lowest BCUT2D eigenvalue weighted by molar-refractivity contribution is 0.0946. The van der Waals surface area contributed by atoms with Crippen molar-refractivity contribution in [1.82, 2.24) is 5.32 Å². The first-order valence-corrected chi connectivity index (χ1v) is 13.4. The molecule has 1 unspecified atom stereocenters. The molecule has 0 aliphatic rings. The van der Waals surface area contributed by atoms with Crippen LogP contribution >= 0.6 is 0 Å². The minimum Gasteiger partial charge on any atom is -0.352 e. The number of amides is 1. The Morgan fingerprint density at radius 2 is 1.50 bits per heavy atom. The highest BCUT2D eigenvalue weighted by Gasteiger charge is 2.28. The van der Waals surface area contributed by atoms with Crippen molar-refractivity contribution in [1.29, 1.82) is 0 Å². The average Bonchev–Trinajstić information content (AvgIpc) is 2.88. The molecular weight excluding hydrogens is 444 g/mol. The van der Waals surface area contributed by atoms with Gasteiger partial charge >= 0.3 is 0 Å². The third-order valence-electron chi connectivity index (χ3n) is 6.01. The number of hydrogen-bond donors (Lipinski definition) is 1. The van der Waals surface area contributed by atoms with E-state index >= 15 is 0 Å². The van der Waals surface area contributed by atoms with Crippen LogP contribution in [0, 0.1) is 5.92 Å². The maximum absolute atomic E-state index is 13.7. The van der Waals surface area contributed by atoms with Crippen LogP contribution in [-0.2, 0) is 16.6 Å². The first kappa shape index (κ1) is 25.5. The fraction of sp³-hybridized carbons (Fsp3) is 0.321. The van der Waals surface area contributed by atoms with Crippen molar-refractivity contribution in [3.05, 3.63) is 96.1 Å². The van der Waals surface area contributed by atoms with Gasteiger partial charge in [0.15, 0.2) is 0 Å². The number of rotatable bonds is 12. The molecule has 0 spiro atoms. The van der Waals surface area contributed by atoms with Gasteiger partial charge < -0.3 is 5.32 Å². The van der Waals surface area contributed by atoms with Crippen LogP contribution in [0.1, 0.15) is 55.5 Å². The van der Waals surface area contributed by atoms with Crippen LogP contribution in [0.15, 0.2) is 89.8 Å². The fourth-order valence-electron chi connectivity index (χ4n) is 3.93. The first-order valence-electron chi connectivity index (χ1n) is 12.0. The van der Waals surface area contributed by atoms with Gasteiger partial charge in [-0.1, -0.05) is 93.8 Å². The van der Waals surface area contributed by atoms with Gasteiger partial charge in [-0.15, -0.1) is 0 Å². The first-order chi connectivity index (χ1) is 16.5. The topological polar surface area (TPSA) is 66.5 Å². The van der Waals surface area contributed by atoms with Gasteiger partial charge in [0, 0.05) is 6.54 Å². The molecule has 0 aliphatic carbocycles. The molecule has 1 atom stereocenters. The molecule has 3 rings (SSSR count). The van der Waals surface area contributed by atoms with Crippen LogP contribution in [0.4, 0.5) is 5.69 Å². The van der Waals surface area contributed by atoms with Gasteiger partial charge in [-0.3, -0.25) is 9.10 Å². The van der Waals surface area contributed by atoms with Crippen LogP contribution in [0.3, 0.4) is 0 Å². The number of carbonyl (C=O) groups excluding carboxylic acids is 1. The Morgan fingerprint density at radius 1 is 0.882 bits per heavy atom.